The largest absolute Gasteiger partial charge is 0.463 e. The Morgan fingerprint density at radius 3 is 2.83 bits per heavy atom. The highest BCUT2D eigenvalue weighted by Gasteiger charge is 2.08. The highest BCUT2D eigenvalue weighted by Crippen LogP contribution is 2.22. The van der Waals surface area contributed by atoms with Crippen LogP contribution in [0.3, 0.4) is 0 Å². The molecular formula is C8H6O3S. The van der Waals surface area contributed by atoms with Crippen LogP contribution in [0.4, 0.5) is 0 Å². The first kappa shape index (κ1) is 7.52. The van der Waals surface area contributed by atoms with Crippen molar-refractivity contribution in [2.75, 3.05) is 0 Å². The van der Waals surface area contributed by atoms with E-state index in [-0.39, 0.29) is 0 Å². The Morgan fingerprint density at radius 1 is 1.33 bits per heavy atom. The van der Waals surface area contributed by atoms with Gasteiger partial charge in [0.15, 0.2) is 11.1 Å². The highest BCUT2D eigenvalue weighted by atomic mass is 32.2. The van der Waals surface area contributed by atoms with E-state index < -0.39 is 11.1 Å². The van der Waals surface area contributed by atoms with Gasteiger partial charge in [-0.05, 0) is 12.1 Å². The van der Waals surface area contributed by atoms with Crippen LogP contribution in [0.15, 0.2) is 39.8 Å². The van der Waals surface area contributed by atoms with Gasteiger partial charge in [-0.3, -0.25) is 0 Å². The van der Waals surface area contributed by atoms with Crippen molar-refractivity contribution in [1.29, 1.82) is 0 Å². The molecule has 2 aromatic rings. The maximum Gasteiger partial charge on any atom is 0.190 e. The van der Waals surface area contributed by atoms with E-state index in [1.807, 2.05) is 6.07 Å². The lowest BCUT2D eigenvalue weighted by Gasteiger charge is -1.88. The summed E-state index contributed by atoms with van der Waals surface area (Å²) in [5.74, 6) is 0. The Labute approximate surface area is 71.3 Å². The summed E-state index contributed by atoms with van der Waals surface area (Å²) >= 11 is -1.97. The Balaban J connectivity index is 2.79. The summed E-state index contributed by atoms with van der Waals surface area (Å²) in [5.41, 5.74) is 0.634. The second kappa shape index (κ2) is 2.73. The van der Waals surface area contributed by atoms with Gasteiger partial charge in [-0.25, -0.2) is 4.21 Å². The number of hydrogen-bond acceptors (Lipinski definition) is 2. The van der Waals surface area contributed by atoms with Crippen molar-refractivity contribution < 1.29 is 13.2 Å². The first-order chi connectivity index (χ1) is 5.79. The second-order valence-electron chi connectivity index (χ2n) is 2.35. The molecule has 0 saturated carbocycles. The zero-order valence-corrected chi connectivity index (χ0v) is 6.88. The number of hydrogen-bond donors (Lipinski definition) is 1. The summed E-state index contributed by atoms with van der Waals surface area (Å²) in [7, 11) is 0. The minimum Gasteiger partial charge on any atom is -0.463 e. The first-order valence-electron chi connectivity index (χ1n) is 3.36. The topological polar surface area (TPSA) is 50.4 Å². The normalized spacial score (nSPS) is 13.4. The summed E-state index contributed by atoms with van der Waals surface area (Å²) in [6.45, 7) is 0. The van der Waals surface area contributed by atoms with Crippen molar-refractivity contribution in [3.63, 3.8) is 0 Å². The Hall–Kier alpha value is -1.13. The molecule has 0 saturated heterocycles. The molecule has 2 rings (SSSR count). The van der Waals surface area contributed by atoms with Crippen molar-refractivity contribution in [3.8, 4) is 0 Å². The van der Waals surface area contributed by atoms with Crippen LogP contribution in [-0.4, -0.2) is 8.76 Å². The van der Waals surface area contributed by atoms with Crippen LogP contribution in [-0.2, 0) is 11.1 Å². The number of benzene rings is 1. The number of furan rings is 1. The lowest BCUT2D eigenvalue weighted by molar-refractivity contribution is 0.558. The molecular weight excluding hydrogens is 176 g/mol. The summed E-state index contributed by atoms with van der Waals surface area (Å²) in [6, 6.07) is 7.12. The van der Waals surface area contributed by atoms with Gasteiger partial charge in [0.1, 0.15) is 16.7 Å². The van der Waals surface area contributed by atoms with E-state index in [9.17, 15) is 4.21 Å². The predicted molar refractivity (Wildman–Crippen MR) is 45.3 cm³/mol. The molecule has 12 heavy (non-hydrogen) atoms. The van der Waals surface area contributed by atoms with E-state index >= 15 is 0 Å². The van der Waals surface area contributed by atoms with Crippen molar-refractivity contribution in [2.24, 2.45) is 0 Å². The van der Waals surface area contributed by atoms with E-state index in [4.69, 9.17) is 8.97 Å². The molecule has 0 fully saturated rings. The fourth-order valence-electron chi connectivity index (χ4n) is 1.09. The van der Waals surface area contributed by atoms with E-state index in [1.165, 1.54) is 6.26 Å². The smallest absolute Gasteiger partial charge is 0.190 e. The lowest BCUT2D eigenvalue weighted by Crippen LogP contribution is -1.84. The van der Waals surface area contributed by atoms with E-state index in [2.05, 4.69) is 0 Å². The Kier molecular flexibility index (Phi) is 1.71. The third-order valence-electron chi connectivity index (χ3n) is 1.63. The molecule has 1 aromatic heterocycles. The van der Waals surface area contributed by atoms with Crippen molar-refractivity contribution >= 4 is 22.0 Å². The van der Waals surface area contributed by atoms with Gasteiger partial charge in [0.2, 0.25) is 0 Å². The van der Waals surface area contributed by atoms with Gasteiger partial charge in [0, 0.05) is 5.39 Å². The molecule has 0 aliphatic carbocycles. The van der Waals surface area contributed by atoms with Crippen LogP contribution >= 0.6 is 0 Å². The molecule has 1 N–H and O–H groups in total. The fourth-order valence-corrected chi connectivity index (χ4v) is 1.58. The predicted octanol–water partition coefficient (Wildman–Crippen LogP) is 2.01. The van der Waals surface area contributed by atoms with Gasteiger partial charge < -0.3 is 8.97 Å². The van der Waals surface area contributed by atoms with Gasteiger partial charge in [-0.15, -0.1) is 0 Å². The third-order valence-corrected chi connectivity index (χ3v) is 2.33. The van der Waals surface area contributed by atoms with Crippen LogP contribution in [0.1, 0.15) is 0 Å². The molecule has 0 aliphatic rings. The first-order valence-corrected chi connectivity index (χ1v) is 4.47. The summed E-state index contributed by atoms with van der Waals surface area (Å²) in [5, 5.41) is 0.693. The summed E-state index contributed by atoms with van der Waals surface area (Å²) in [6.07, 6.45) is 1.31. The molecule has 0 aliphatic heterocycles. The van der Waals surface area contributed by atoms with Crippen molar-refractivity contribution in [1.82, 2.24) is 0 Å². The second-order valence-corrected chi connectivity index (χ2v) is 3.28. The van der Waals surface area contributed by atoms with Crippen LogP contribution < -0.4 is 0 Å². The minimum atomic E-state index is -1.97. The average molecular weight is 182 g/mol. The maximum atomic E-state index is 10.7. The molecule has 3 nitrogen and oxygen atoms in total. The molecule has 1 aromatic carbocycles. The molecule has 0 radical (unpaired) electrons. The van der Waals surface area contributed by atoms with Crippen LogP contribution in [0.2, 0.25) is 0 Å². The van der Waals surface area contributed by atoms with Gasteiger partial charge in [-0.2, -0.15) is 0 Å². The molecule has 1 atom stereocenters. The third kappa shape index (κ3) is 1.05. The molecule has 0 spiro atoms. The summed E-state index contributed by atoms with van der Waals surface area (Å²) < 4.78 is 24.6. The number of rotatable bonds is 1. The molecule has 0 bridgehead atoms. The standard InChI is InChI=1S/C8H6O3S/c9-12(10)8-5-11-7-4-2-1-3-6(7)8/h1-5H,(H,9,10). The van der Waals surface area contributed by atoms with E-state index in [0.717, 1.165) is 0 Å². The van der Waals surface area contributed by atoms with Crippen LogP contribution in [0.25, 0.3) is 11.0 Å². The fraction of sp³-hybridized carbons (Fsp3) is 0. The van der Waals surface area contributed by atoms with Crippen molar-refractivity contribution in [2.45, 2.75) is 4.90 Å². The quantitative estimate of drug-likeness (QED) is 0.686. The zero-order chi connectivity index (χ0) is 8.55. The van der Waals surface area contributed by atoms with E-state index in [0.29, 0.717) is 15.9 Å². The lowest BCUT2D eigenvalue weighted by atomic mass is 10.3. The van der Waals surface area contributed by atoms with Gasteiger partial charge in [0.05, 0.1) is 0 Å². The Morgan fingerprint density at radius 2 is 2.08 bits per heavy atom. The van der Waals surface area contributed by atoms with Gasteiger partial charge >= 0.3 is 0 Å². The number of para-hydroxylation sites is 1. The molecule has 4 heteroatoms. The average Bonchev–Trinajstić information content (AvgIpc) is 2.47. The SMILES string of the molecule is O=S(O)c1coc2ccccc12. The number of fused-ring (bicyclic) bond motifs is 1. The molecule has 0 amide bonds. The van der Waals surface area contributed by atoms with Crippen LogP contribution in [0.5, 0.6) is 0 Å². The monoisotopic (exact) mass is 182 g/mol. The minimum absolute atomic E-state index is 0.325. The molecule has 1 heterocycles. The maximum absolute atomic E-state index is 10.7. The zero-order valence-electron chi connectivity index (χ0n) is 6.06. The highest BCUT2D eigenvalue weighted by molar-refractivity contribution is 7.79. The molecule has 62 valence electrons. The van der Waals surface area contributed by atoms with Gasteiger partial charge in [-0.1, -0.05) is 12.1 Å². The van der Waals surface area contributed by atoms with Crippen LogP contribution in [0, 0.1) is 0 Å². The summed E-state index contributed by atoms with van der Waals surface area (Å²) in [4.78, 5) is 0.325. The Bertz CT molecular complexity index is 433. The van der Waals surface area contributed by atoms with Gasteiger partial charge in [0.25, 0.3) is 0 Å². The van der Waals surface area contributed by atoms with E-state index in [1.54, 1.807) is 18.2 Å². The van der Waals surface area contributed by atoms with Crippen molar-refractivity contribution in [3.05, 3.63) is 30.5 Å². The molecule has 1 unspecified atom stereocenters.